The first-order valence-corrected chi connectivity index (χ1v) is 14.4. The van der Waals surface area contributed by atoms with Crippen LogP contribution in [0.1, 0.15) is 0 Å². The Balaban J connectivity index is 0.00000208. The van der Waals surface area contributed by atoms with Crippen LogP contribution in [0.5, 0.6) is 23.0 Å². The summed E-state index contributed by atoms with van der Waals surface area (Å²) in [5.41, 5.74) is 3.43. The number of rotatable bonds is 7. The maximum Gasteiger partial charge on any atom is 2.00 e. The smallest absolute Gasteiger partial charge is 0.500 e. The molecular formula is C38H19F2N5O2PdPt. The molecule has 0 bridgehead atoms. The molecule has 11 heteroatoms. The molecule has 0 spiro atoms. The van der Waals surface area contributed by atoms with Crippen molar-refractivity contribution in [1.29, 1.82) is 0 Å². The molecule has 0 saturated heterocycles. The van der Waals surface area contributed by atoms with Gasteiger partial charge in [0.2, 0.25) is 5.95 Å². The summed E-state index contributed by atoms with van der Waals surface area (Å²) in [5.74, 6) is -1.03. The normalized spacial score (nSPS) is 10.7. The van der Waals surface area contributed by atoms with E-state index in [0.29, 0.717) is 44.3 Å². The third-order valence-corrected chi connectivity index (χ3v) is 7.28. The molecule has 0 N–H and O–H groups in total. The van der Waals surface area contributed by atoms with Crippen molar-refractivity contribution in [2.45, 2.75) is 0 Å². The van der Waals surface area contributed by atoms with Gasteiger partial charge >= 0.3 is 41.5 Å². The summed E-state index contributed by atoms with van der Waals surface area (Å²) in [6, 6.07) is 38.1. The Morgan fingerprint density at radius 3 is 1.45 bits per heavy atom. The first-order chi connectivity index (χ1) is 23.1. The van der Waals surface area contributed by atoms with Crippen molar-refractivity contribution in [3.05, 3.63) is 152 Å². The molecule has 0 amide bonds. The molecule has 0 aliphatic heterocycles. The summed E-state index contributed by atoms with van der Waals surface area (Å²) in [5, 5.41) is 0.711. The van der Waals surface area contributed by atoms with Crippen LogP contribution in [0.4, 0.5) is 8.78 Å². The van der Waals surface area contributed by atoms with Crippen LogP contribution in [0.25, 0.3) is 50.3 Å². The molecule has 0 aliphatic carbocycles. The van der Waals surface area contributed by atoms with Gasteiger partial charge in [-0.1, -0.05) is 47.4 Å². The molecule has 242 valence electrons. The Hall–Kier alpha value is -5.13. The average Bonchev–Trinajstić information content (AvgIpc) is 3.41. The van der Waals surface area contributed by atoms with Crippen LogP contribution in [0.3, 0.4) is 0 Å². The fourth-order valence-corrected chi connectivity index (χ4v) is 5.20. The number of halogens is 2. The summed E-state index contributed by atoms with van der Waals surface area (Å²) in [7, 11) is 0. The van der Waals surface area contributed by atoms with Crippen molar-refractivity contribution < 1.29 is 59.7 Å². The Morgan fingerprint density at radius 1 is 0.531 bits per heavy atom. The summed E-state index contributed by atoms with van der Waals surface area (Å²) < 4.78 is 44.8. The Kier molecular flexibility index (Phi) is 10.0. The minimum atomic E-state index is -0.705. The minimum absolute atomic E-state index is 0. The van der Waals surface area contributed by atoms with Gasteiger partial charge in [-0.25, -0.2) is 9.97 Å². The Morgan fingerprint density at radius 2 is 1.00 bits per heavy atom. The number of pyridine rings is 2. The maximum absolute atomic E-state index is 15.7. The van der Waals surface area contributed by atoms with Crippen LogP contribution in [-0.4, -0.2) is 24.5 Å². The van der Waals surface area contributed by atoms with Crippen molar-refractivity contribution >= 4 is 21.8 Å². The van der Waals surface area contributed by atoms with E-state index in [9.17, 15) is 0 Å². The molecule has 4 aromatic heterocycles. The van der Waals surface area contributed by atoms with E-state index in [4.69, 9.17) is 9.47 Å². The zero-order chi connectivity index (χ0) is 31.7. The largest absolute Gasteiger partial charge is 2.00 e. The summed E-state index contributed by atoms with van der Waals surface area (Å²) in [6.07, 6.45) is 6.49. The van der Waals surface area contributed by atoms with E-state index < -0.39 is 11.6 Å². The third-order valence-electron chi connectivity index (χ3n) is 7.28. The van der Waals surface area contributed by atoms with E-state index in [2.05, 4.69) is 44.2 Å². The van der Waals surface area contributed by atoms with Crippen molar-refractivity contribution in [3.8, 4) is 51.5 Å². The van der Waals surface area contributed by atoms with Crippen LogP contribution < -0.4 is 9.47 Å². The monoisotopic (exact) mass is 916 g/mol. The second kappa shape index (κ2) is 14.6. The standard InChI is InChI=1S/C38H19F2N5O2.Pd.Pt/c39-30-20-28-29-21-31(40)37(47-27-11-6-9-25(19-27)33-13-2-4-15-42-33)23-35(29)45(38-43-16-7-17-44-38)34(28)22-36(30)46-26-10-5-8-24(18-26)32-12-1-3-14-41-32;;/h1-17,20-21H;;/q-4;2*+2. The predicted molar refractivity (Wildman–Crippen MR) is 171 cm³/mol. The van der Waals surface area contributed by atoms with E-state index in [-0.39, 0.29) is 70.4 Å². The van der Waals surface area contributed by atoms with E-state index in [1.165, 1.54) is 12.1 Å². The number of aromatic nitrogens is 5. The van der Waals surface area contributed by atoms with Gasteiger partial charge in [-0.2, -0.15) is 10.8 Å². The van der Waals surface area contributed by atoms with Crippen LogP contribution in [0.15, 0.2) is 116 Å². The summed E-state index contributed by atoms with van der Waals surface area (Å²) in [4.78, 5) is 17.5. The molecular weight excluding hydrogens is 898 g/mol. The Bertz CT molecular complexity index is 2250. The number of ether oxygens (including phenoxy) is 2. The van der Waals surface area contributed by atoms with Gasteiger partial charge in [0, 0.05) is 59.4 Å². The van der Waals surface area contributed by atoms with Gasteiger partial charge in [-0.3, -0.25) is 8.78 Å². The molecule has 4 aromatic carbocycles. The van der Waals surface area contributed by atoms with Gasteiger partial charge in [0.25, 0.3) is 0 Å². The minimum Gasteiger partial charge on any atom is -0.500 e. The van der Waals surface area contributed by atoms with Gasteiger partial charge in [0.15, 0.2) is 0 Å². The molecule has 49 heavy (non-hydrogen) atoms. The molecule has 0 radical (unpaired) electrons. The van der Waals surface area contributed by atoms with Gasteiger partial charge in [0.1, 0.15) is 0 Å². The van der Waals surface area contributed by atoms with Crippen molar-refractivity contribution in [2.24, 2.45) is 0 Å². The van der Waals surface area contributed by atoms with Crippen LogP contribution in [0.2, 0.25) is 0 Å². The van der Waals surface area contributed by atoms with Gasteiger partial charge in [-0.05, 0) is 29.6 Å². The van der Waals surface area contributed by atoms with Crippen molar-refractivity contribution in [2.75, 3.05) is 0 Å². The molecule has 8 aromatic rings. The molecule has 0 atom stereocenters. The fourth-order valence-electron chi connectivity index (χ4n) is 5.20. The molecule has 0 fully saturated rings. The second-order valence-electron chi connectivity index (χ2n) is 10.3. The van der Waals surface area contributed by atoms with E-state index in [1.807, 2.05) is 48.5 Å². The molecule has 7 nitrogen and oxygen atoms in total. The summed E-state index contributed by atoms with van der Waals surface area (Å²) in [6.45, 7) is 0. The van der Waals surface area contributed by atoms with Crippen LogP contribution >= 0.6 is 0 Å². The van der Waals surface area contributed by atoms with Crippen molar-refractivity contribution in [1.82, 2.24) is 24.5 Å². The number of hydrogen-bond donors (Lipinski definition) is 0. The first-order valence-electron chi connectivity index (χ1n) is 14.4. The molecule has 8 rings (SSSR count). The van der Waals surface area contributed by atoms with Crippen LogP contribution in [-0.2, 0) is 41.5 Å². The number of hydrogen-bond acceptors (Lipinski definition) is 6. The second-order valence-corrected chi connectivity index (χ2v) is 10.3. The Labute approximate surface area is 307 Å². The van der Waals surface area contributed by atoms with Gasteiger partial charge < -0.3 is 24.0 Å². The van der Waals surface area contributed by atoms with E-state index >= 15 is 8.78 Å². The molecule has 0 aliphatic rings. The predicted octanol–water partition coefficient (Wildman–Crippen LogP) is 8.76. The number of nitrogens with zero attached hydrogens (tertiary/aromatic N) is 5. The fraction of sp³-hybridized carbons (Fsp3) is 0. The molecule has 4 heterocycles. The van der Waals surface area contributed by atoms with E-state index in [0.717, 1.165) is 0 Å². The van der Waals surface area contributed by atoms with Crippen molar-refractivity contribution in [3.63, 3.8) is 0 Å². The first kappa shape index (κ1) is 33.8. The number of benzene rings is 4. The third kappa shape index (κ3) is 6.77. The summed E-state index contributed by atoms with van der Waals surface area (Å²) >= 11 is 0. The topological polar surface area (TPSA) is 75.0 Å². The molecule has 0 unspecified atom stereocenters. The average molecular weight is 917 g/mol. The number of fused-ring (bicyclic) bond motifs is 3. The van der Waals surface area contributed by atoms with Crippen LogP contribution in [0, 0.1) is 35.9 Å². The quantitative estimate of drug-likeness (QED) is 0.118. The zero-order valence-electron chi connectivity index (χ0n) is 24.9. The van der Waals surface area contributed by atoms with Gasteiger partial charge in [0.05, 0.1) is 0 Å². The zero-order valence-corrected chi connectivity index (χ0v) is 28.7. The maximum atomic E-state index is 15.7. The molecule has 0 saturated carbocycles. The van der Waals surface area contributed by atoms with Gasteiger partial charge in [-0.15, -0.1) is 71.8 Å². The SMILES string of the molecule is Fc1cc2c3cc(F)c(Oc4[c-]c(-c5ccccn5)ccc4)[c-]c3n(-c3ncccn3)c2[c-]c1Oc1[c-]c(-c2ccccn2)ccc1.[Pd+2].[Pt+2]. The van der Waals surface area contributed by atoms with E-state index in [1.54, 1.807) is 59.7 Å².